The van der Waals surface area contributed by atoms with Gasteiger partial charge in [0.1, 0.15) is 18.5 Å². The molecule has 1 atom stereocenters. The maximum absolute atomic E-state index is 10.4. The molecule has 1 aromatic heterocycles. The zero-order valence-electron chi connectivity index (χ0n) is 13.6. The zero-order valence-corrected chi connectivity index (χ0v) is 14.4. The summed E-state index contributed by atoms with van der Waals surface area (Å²) >= 11 is 1.64. The Balaban J connectivity index is 1.74. The molecule has 124 valence electrons. The molecule has 2 heterocycles. The van der Waals surface area contributed by atoms with Crippen LogP contribution in [0.5, 0.6) is 0 Å². The minimum absolute atomic E-state index is 0.145. The van der Waals surface area contributed by atoms with Crippen LogP contribution >= 0.6 is 11.8 Å². The van der Waals surface area contributed by atoms with Gasteiger partial charge in [0, 0.05) is 17.5 Å². The third-order valence-corrected chi connectivity index (χ3v) is 4.48. The lowest BCUT2D eigenvalue weighted by atomic mass is 10.1. The molecule has 0 saturated heterocycles. The number of aliphatic hydroxyl groups is 1. The molecule has 1 N–H and O–H groups in total. The lowest BCUT2D eigenvalue weighted by molar-refractivity contribution is 0.0900. The molecule has 0 bridgehead atoms. The topological polar surface area (TPSA) is 54.7 Å². The van der Waals surface area contributed by atoms with Crippen LogP contribution < -0.4 is 0 Å². The molecule has 1 unspecified atom stereocenters. The van der Waals surface area contributed by atoms with Gasteiger partial charge in [-0.05, 0) is 18.1 Å². The van der Waals surface area contributed by atoms with Crippen LogP contribution in [-0.4, -0.2) is 28.0 Å². The summed E-state index contributed by atoms with van der Waals surface area (Å²) in [5.74, 6) is 1.50. The maximum atomic E-state index is 10.4. The van der Waals surface area contributed by atoms with Crippen LogP contribution in [0.3, 0.4) is 0 Å². The smallest absolute Gasteiger partial charge is 0.148 e. The number of aliphatic imine (C=N–C) groups is 1. The number of thioether (sulfide) groups is 1. The van der Waals surface area contributed by atoms with Crippen LogP contribution in [0.2, 0.25) is 0 Å². The summed E-state index contributed by atoms with van der Waals surface area (Å²) in [5, 5.41) is 10.4. The van der Waals surface area contributed by atoms with E-state index in [1.807, 2.05) is 48.0 Å². The Labute approximate surface area is 146 Å². The largest absolute Gasteiger partial charge is 0.488 e. The van der Waals surface area contributed by atoms with E-state index in [1.54, 1.807) is 18.0 Å². The predicted molar refractivity (Wildman–Crippen MR) is 98.8 cm³/mol. The molecule has 1 aliphatic rings. The SMILES string of the molecule is CCc1ccc(C(O)COC(=C2CSC=N2)c2ccccc2)nc1. The van der Waals surface area contributed by atoms with Crippen molar-refractivity contribution in [2.45, 2.75) is 19.4 Å². The van der Waals surface area contributed by atoms with Gasteiger partial charge in [-0.15, -0.1) is 11.8 Å². The maximum Gasteiger partial charge on any atom is 0.148 e. The molecular formula is C19H20N2O2S. The number of aliphatic hydroxyl groups excluding tert-OH is 1. The fourth-order valence-electron chi connectivity index (χ4n) is 2.39. The standard InChI is InChI=1S/C19H20N2O2S/c1-2-14-8-9-16(20-10-14)18(22)11-23-19(17-12-24-13-21-17)15-6-4-3-5-7-15/h3-10,13,18,22H,2,11-12H2,1H3. The van der Waals surface area contributed by atoms with Crippen molar-refractivity contribution in [2.75, 3.05) is 12.4 Å². The van der Waals surface area contributed by atoms with Crippen LogP contribution in [0.1, 0.15) is 29.8 Å². The van der Waals surface area contributed by atoms with E-state index in [-0.39, 0.29) is 6.61 Å². The Morgan fingerprint density at radius 2 is 2.08 bits per heavy atom. The molecule has 0 saturated carbocycles. The molecule has 0 spiro atoms. The summed E-state index contributed by atoms with van der Waals surface area (Å²) in [5.41, 5.74) is 5.45. The number of benzene rings is 1. The molecule has 24 heavy (non-hydrogen) atoms. The van der Waals surface area contributed by atoms with Crippen LogP contribution in [0.4, 0.5) is 0 Å². The van der Waals surface area contributed by atoms with Crippen LogP contribution in [0.25, 0.3) is 5.76 Å². The van der Waals surface area contributed by atoms with Crippen molar-refractivity contribution in [3.8, 4) is 0 Å². The fourth-order valence-corrected chi connectivity index (χ4v) is 3.03. The summed E-state index contributed by atoms with van der Waals surface area (Å²) in [6, 6.07) is 13.7. The van der Waals surface area contributed by atoms with Crippen molar-refractivity contribution in [3.63, 3.8) is 0 Å². The number of ether oxygens (including phenoxy) is 1. The number of nitrogens with zero attached hydrogens (tertiary/aromatic N) is 2. The Morgan fingerprint density at radius 3 is 2.71 bits per heavy atom. The van der Waals surface area contributed by atoms with Gasteiger partial charge in [0.25, 0.3) is 0 Å². The Morgan fingerprint density at radius 1 is 1.25 bits per heavy atom. The van der Waals surface area contributed by atoms with E-state index in [1.165, 1.54) is 0 Å². The molecule has 5 heteroatoms. The van der Waals surface area contributed by atoms with E-state index in [4.69, 9.17) is 4.74 Å². The first-order valence-corrected chi connectivity index (χ1v) is 9.01. The molecular weight excluding hydrogens is 320 g/mol. The molecule has 0 radical (unpaired) electrons. The fraction of sp³-hybridized carbons (Fsp3) is 0.263. The molecule has 1 aromatic carbocycles. The molecule has 1 aliphatic heterocycles. The predicted octanol–water partition coefficient (Wildman–Crippen LogP) is 3.84. The summed E-state index contributed by atoms with van der Waals surface area (Å²) in [6.45, 7) is 2.22. The van der Waals surface area contributed by atoms with Gasteiger partial charge in [0.05, 0.1) is 16.9 Å². The highest BCUT2D eigenvalue weighted by Crippen LogP contribution is 2.28. The summed E-state index contributed by atoms with van der Waals surface area (Å²) in [6.07, 6.45) is 1.96. The van der Waals surface area contributed by atoms with Gasteiger partial charge in [-0.25, -0.2) is 4.99 Å². The lowest BCUT2D eigenvalue weighted by Crippen LogP contribution is -2.10. The van der Waals surface area contributed by atoms with E-state index >= 15 is 0 Å². The Bertz CT molecular complexity index is 727. The average molecular weight is 340 g/mol. The number of rotatable bonds is 6. The van der Waals surface area contributed by atoms with Crippen LogP contribution in [0, 0.1) is 0 Å². The number of aryl methyl sites for hydroxylation is 1. The van der Waals surface area contributed by atoms with Gasteiger partial charge < -0.3 is 9.84 Å². The Kier molecular flexibility index (Phi) is 5.67. The monoisotopic (exact) mass is 340 g/mol. The second-order valence-corrected chi connectivity index (χ2v) is 6.29. The van der Waals surface area contributed by atoms with E-state index in [0.717, 1.165) is 34.8 Å². The molecule has 0 fully saturated rings. The number of pyridine rings is 1. The highest BCUT2D eigenvalue weighted by atomic mass is 32.2. The van der Waals surface area contributed by atoms with E-state index in [0.29, 0.717) is 5.69 Å². The Hall–Kier alpha value is -2.11. The minimum Gasteiger partial charge on any atom is -0.488 e. The summed E-state index contributed by atoms with van der Waals surface area (Å²) in [4.78, 5) is 8.70. The first-order valence-electron chi connectivity index (χ1n) is 7.96. The highest BCUT2D eigenvalue weighted by Gasteiger charge is 2.17. The first-order chi connectivity index (χ1) is 11.8. The zero-order chi connectivity index (χ0) is 16.8. The van der Waals surface area contributed by atoms with Crippen LogP contribution in [-0.2, 0) is 11.2 Å². The van der Waals surface area contributed by atoms with Gasteiger partial charge in [-0.1, -0.05) is 43.3 Å². The van der Waals surface area contributed by atoms with Crippen molar-refractivity contribution in [1.82, 2.24) is 4.98 Å². The number of aromatic nitrogens is 1. The molecule has 3 rings (SSSR count). The van der Waals surface area contributed by atoms with Gasteiger partial charge >= 0.3 is 0 Å². The van der Waals surface area contributed by atoms with Crippen LogP contribution in [0.15, 0.2) is 59.4 Å². The van der Waals surface area contributed by atoms with Crippen molar-refractivity contribution in [2.24, 2.45) is 4.99 Å². The highest BCUT2D eigenvalue weighted by molar-refractivity contribution is 8.12. The van der Waals surface area contributed by atoms with Gasteiger partial charge in [-0.2, -0.15) is 0 Å². The quantitative estimate of drug-likeness (QED) is 0.812. The molecule has 2 aromatic rings. The number of hydrogen-bond acceptors (Lipinski definition) is 5. The third kappa shape index (κ3) is 4.04. The first kappa shape index (κ1) is 16.7. The van der Waals surface area contributed by atoms with Crippen molar-refractivity contribution < 1.29 is 9.84 Å². The third-order valence-electron chi connectivity index (χ3n) is 3.78. The molecule has 0 aliphatic carbocycles. The summed E-state index contributed by atoms with van der Waals surface area (Å²) < 4.78 is 5.95. The summed E-state index contributed by atoms with van der Waals surface area (Å²) in [7, 11) is 0. The van der Waals surface area contributed by atoms with Gasteiger partial charge in [0.15, 0.2) is 0 Å². The van der Waals surface area contributed by atoms with Crippen molar-refractivity contribution in [3.05, 3.63) is 71.2 Å². The molecule has 4 nitrogen and oxygen atoms in total. The minimum atomic E-state index is -0.770. The van der Waals surface area contributed by atoms with Crippen molar-refractivity contribution >= 4 is 23.1 Å². The second-order valence-electron chi connectivity index (χ2n) is 5.46. The molecule has 0 amide bonds. The van der Waals surface area contributed by atoms with Gasteiger partial charge in [-0.3, -0.25) is 4.98 Å². The second kappa shape index (κ2) is 8.13. The van der Waals surface area contributed by atoms with E-state index < -0.39 is 6.10 Å². The lowest BCUT2D eigenvalue weighted by Gasteiger charge is -2.16. The normalized spacial score (nSPS) is 16.9. The average Bonchev–Trinajstić information content (AvgIpc) is 3.17. The number of hydrogen-bond donors (Lipinski definition) is 1. The van der Waals surface area contributed by atoms with E-state index in [9.17, 15) is 5.11 Å². The van der Waals surface area contributed by atoms with E-state index in [2.05, 4.69) is 16.9 Å². The van der Waals surface area contributed by atoms with Gasteiger partial charge in [0.2, 0.25) is 0 Å². The van der Waals surface area contributed by atoms with Crippen molar-refractivity contribution in [1.29, 1.82) is 0 Å².